The molecule has 0 aliphatic rings. The van der Waals surface area contributed by atoms with Gasteiger partial charge in [-0.1, -0.05) is 0 Å². The lowest BCUT2D eigenvalue weighted by molar-refractivity contribution is 0.101. The van der Waals surface area contributed by atoms with E-state index in [-0.39, 0.29) is 5.78 Å². The summed E-state index contributed by atoms with van der Waals surface area (Å²) in [7, 11) is 1.51. The van der Waals surface area contributed by atoms with Gasteiger partial charge in [-0.25, -0.2) is 4.98 Å². The quantitative estimate of drug-likeness (QED) is 0.576. The van der Waals surface area contributed by atoms with Crippen molar-refractivity contribution < 1.29 is 9.53 Å². The second-order valence-electron chi connectivity index (χ2n) is 2.26. The lowest BCUT2D eigenvalue weighted by atomic mass is 10.2. The molecule has 0 fully saturated rings. The van der Waals surface area contributed by atoms with Crippen LogP contribution in [0.15, 0.2) is 16.9 Å². The summed E-state index contributed by atoms with van der Waals surface area (Å²) in [4.78, 5) is 15.0. The molecule has 0 saturated carbocycles. The Kier molecular flexibility index (Phi) is 2.81. The Balaban J connectivity index is 3.21. The van der Waals surface area contributed by atoms with Crippen molar-refractivity contribution in [2.24, 2.45) is 0 Å². The average Bonchev–Trinajstić information content (AvgIpc) is 2.04. The number of carbonyl (C=O) groups excluding carboxylic acids is 1. The minimum Gasteiger partial charge on any atom is -0.494 e. The molecule has 1 aromatic rings. The second kappa shape index (κ2) is 3.67. The molecule has 0 aliphatic carbocycles. The molecule has 0 atom stereocenters. The Hall–Kier alpha value is -0.900. The number of halogens is 1. The van der Waals surface area contributed by atoms with Crippen LogP contribution in [0.4, 0.5) is 0 Å². The maximum atomic E-state index is 11.0. The van der Waals surface area contributed by atoms with E-state index in [2.05, 4.69) is 20.9 Å². The van der Waals surface area contributed by atoms with Gasteiger partial charge >= 0.3 is 0 Å². The third kappa shape index (κ3) is 1.82. The number of hydrogen-bond donors (Lipinski definition) is 0. The van der Waals surface area contributed by atoms with E-state index in [1.165, 1.54) is 20.2 Å². The predicted molar refractivity (Wildman–Crippen MR) is 48.5 cm³/mol. The average molecular weight is 230 g/mol. The normalized spacial score (nSPS) is 9.58. The van der Waals surface area contributed by atoms with Crippen molar-refractivity contribution in [1.82, 2.24) is 4.98 Å². The highest BCUT2D eigenvalue weighted by Gasteiger charge is 2.08. The maximum Gasteiger partial charge on any atom is 0.163 e. The Morgan fingerprint density at radius 1 is 1.67 bits per heavy atom. The van der Waals surface area contributed by atoms with Crippen LogP contribution in [0.5, 0.6) is 5.75 Å². The molecule has 1 rings (SSSR count). The SMILES string of the molecule is COc1cnc(Br)cc1C(C)=O. The Morgan fingerprint density at radius 3 is 2.83 bits per heavy atom. The smallest absolute Gasteiger partial charge is 0.163 e. The Bertz CT molecular complexity index is 312. The summed E-state index contributed by atoms with van der Waals surface area (Å²) in [6.45, 7) is 1.49. The summed E-state index contributed by atoms with van der Waals surface area (Å²) in [5, 5.41) is 0. The van der Waals surface area contributed by atoms with E-state index in [1.807, 2.05) is 0 Å². The summed E-state index contributed by atoms with van der Waals surface area (Å²) in [6.07, 6.45) is 1.51. The van der Waals surface area contributed by atoms with Crippen LogP contribution in [-0.4, -0.2) is 17.9 Å². The van der Waals surface area contributed by atoms with Gasteiger partial charge in [-0.2, -0.15) is 0 Å². The van der Waals surface area contributed by atoms with Gasteiger partial charge < -0.3 is 4.74 Å². The van der Waals surface area contributed by atoms with Crippen LogP contribution in [0.2, 0.25) is 0 Å². The van der Waals surface area contributed by atoms with Crippen molar-refractivity contribution in [2.45, 2.75) is 6.92 Å². The Labute approximate surface area is 78.9 Å². The fourth-order valence-corrected chi connectivity index (χ4v) is 1.19. The van der Waals surface area contributed by atoms with Gasteiger partial charge in [0, 0.05) is 0 Å². The first kappa shape index (κ1) is 9.19. The predicted octanol–water partition coefficient (Wildman–Crippen LogP) is 2.06. The van der Waals surface area contributed by atoms with Crippen molar-refractivity contribution in [3.05, 3.63) is 22.4 Å². The topological polar surface area (TPSA) is 39.2 Å². The fourth-order valence-electron chi connectivity index (χ4n) is 0.855. The summed E-state index contributed by atoms with van der Waals surface area (Å²) in [5.41, 5.74) is 0.541. The van der Waals surface area contributed by atoms with E-state index in [0.717, 1.165) is 0 Å². The van der Waals surface area contributed by atoms with Gasteiger partial charge in [-0.3, -0.25) is 4.79 Å². The largest absolute Gasteiger partial charge is 0.494 e. The number of nitrogens with zero attached hydrogens (tertiary/aromatic N) is 1. The number of ketones is 1. The molecule has 0 amide bonds. The molecule has 1 aromatic heterocycles. The maximum absolute atomic E-state index is 11.0. The first-order valence-corrected chi connectivity index (χ1v) is 4.15. The number of rotatable bonds is 2. The standard InChI is InChI=1S/C8H8BrNO2/c1-5(11)6-3-8(9)10-4-7(6)12-2/h3-4H,1-2H3. The van der Waals surface area contributed by atoms with E-state index < -0.39 is 0 Å². The van der Waals surface area contributed by atoms with Crippen molar-refractivity contribution >= 4 is 21.7 Å². The monoisotopic (exact) mass is 229 g/mol. The van der Waals surface area contributed by atoms with Crippen LogP contribution in [0, 0.1) is 0 Å². The number of pyridine rings is 1. The molecular formula is C8H8BrNO2. The molecule has 0 spiro atoms. The van der Waals surface area contributed by atoms with Crippen molar-refractivity contribution in [3.8, 4) is 5.75 Å². The van der Waals surface area contributed by atoms with Gasteiger partial charge in [0.05, 0.1) is 18.9 Å². The number of aromatic nitrogens is 1. The number of ether oxygens (including phenoxy) is 1. The highest BCUT2D eigenvalue weighted by atomic mass is 79.9. The van der Waals surface area contributed by atoms with Crippen LogP contribution in [0.3, 0.4) is 0 Å². The molecule has 3 nitrogen and oxygen atoms in total. The van der Waals surface area contributed by atoms with E-state index in [4.69, 9.17) is 4.74 Å². The van der Waals surface area contributed by atoms with Crippen LogP contribution < -0.4 is 4.74 Å². The molecule has 12 heavy (non-hydrogen) atoms. The van der Waals surface area contributed by atoms with Gasteiger partial charge in [-0.05, 0) is 28.9 Å². The van der Waals surface area contributed by atoms with Crippen molar-refractivity contribution in [3.63, 3.8) is 0 Å². The van der Waals surface area contributed by atoms with Gasteiger partial charge in [0.2, 0.25) is 0 Å². The fraction of sp³-hybridized carbons (Fsp3) is 0.250. The summed E-state index contributed by atoms with van der Waals surface area (Å²) in [6, 6.07) is 1.64. The molecule has 64 valence electrons. The molecule has 0 radical (unpaired) electrons. The second-order valence-corrected chi connectivity index (χ2v) is 3.08. The van der Waals surface area contributed by atoms with E-state index in [0.29, 0.717) is 15.9 Å². The molecule has 1 heterocycles. The minimum atomic E-state index is -0.0325. The lowest BCUT2D eigenvalue weighted by Gasteiger charge is -2.04. The van der Waals surface area contributed by atoms with E-state index >= 15 is 0 Å². The number of hydrogen-bond acceptors (Lipinski definition) is 3. The van der Waals surface area contributed by atoms with Gasteiger partial charge in [0.1, 0.15) is 10.4 Å². The van der Waals surface area contributed by atoms with Gasteiger partial charge in [0.25, 0.3) is 0 Å². The van der Waals surface area contributed by atoms with Gasteiger partial charge in [-0.15, -0.1) is 0 Å². The third-order valence-electron chi connectivity index (χ3n) is 1.43. The van der Waals surface area contributed by atoms with E-state index in [9.17, 15) is 4.79 Å². The number of carbonyl (C=O) groups is 1. The van der Waals surface area contributed by atoms with Crippen LogP contribution >= 0.6 is 15.9 Å². The summed E-state index contributed by atoms with van der Waals surface area (Å²) < 4.78 is 5.59. The third-order valence-corrected chi connectivity index (χ3v) is 1.87. The zero-order chi connectivity index (χ0) is 9.14. The number of Topliss-reactive ketones (excluding diaryl/α,β-unsaturated/α-hetero) is 1. The number of methoxy groups -OCH3 is 1. The molecule has 0 aromatic carbocycles. The van der Waals surface area contributed by atoms with Crippen LogP contribution in [0.1, 0.15) is 17.3 Å². The van der Waals surface area contributed by atoms with E-state index in [1.54, 1.807) is 6.07 Å². The minimum absolute atomic E-state index is 0.0325. The molecule has 0 bridgehead atoms. The van der Waals surface area contributed by atoms with Crippen molar-refractivity contribution in [2.75, 3.05) is 7.11 Å². The Morgan fingerprint density at radius 2 is 2.33 bits per heavy atom. The van der Waals surface area contributed by atoms with Crippen LogP contribution in [0.25, 0.3) is 0 Å². The van der Waals surface area contributed by atoms with Crippen molar-refractivity contribution in [1.29, 1.82) is 0 Å². The summed E-state index contributed by atoms with van der Waals surface area (Å²) >= 11 is 3.17. The highest BCUT2D eigenvalue weighted by molar-refractivity contribution is 9.10. The zero-order valence-corrected chi connectivity index (χ0v) is 8.38. The molecule has 0 N–H and O–H groups in total. The molecule has 0 aliphatic heterocycles. The molecule has 0 saturated heterocycles. The molecular weight excluding hydrogens is 222 g/mol. The lowest BCUT2D eigenvalue weighted by Crippen LogP contribution is -1.98. The first-order valence-electron chi connectivity index (χ1n) is 3.35. The molecule has 4 heteroatoms. The van der Waals surface area contributed by atoms with Crippen LogP contribution in [-0.2, 0) is 0 Å². The zero-order valence-electron chi connectivity index (χ0n) is 6.80. The molecule has 0 unspecified atom stereocenters. The highest BCUT2D eigenvalue weighted by Crippen LogP contribution is 2.20. The summed E-state index contributed by atoms with van der Waals surface area (Å²) in [5.74, 6) is 0.473. The first-order chi connectivity index (χ1) is 5.65. The van der Waals surface area contributed by atoms with Gasteiger partial charge in [0.15, 0.2) is 5.78 Å².